The number of hydrogen-bond donors (Lipinski definition) is 3. The third-order valence-corrected chi connectivity index (χ3v) is 2.85. The molecule has 4 N–H and O–H groups in total. The molecule has 0 aliphatic carbocycles. The summed E-state index contributed by atoms with van der Waals surface area (Å²) in [5.41, 5.74) is 6.58. The zero-order chi connectivity index (χ0) is 13.5. The number of aliphatic carboxylic acids is 1. The number of carboxylic acids is 1. The number of unbranched alkanes of at least 4 members (excludes halogenated alkanes) is 1. The van der Waals surface area contributed by atoms with Crippen molar-refractivity contribution in [1.29, 1.82) is 0 Å². The van der Waals surface area contributed by atoms with Gasteiger partial charge in [-0.25, -0.2) is 0 Å². The minimum absolute atomic E-state index is 0.123. The molecule has 100 valence electrons. The third kappa shape index (κ3) is 3.68. The van der Waals surface area contributed by atoms with E-state index in [4.69, 9.17) is 15.9 Å². The van der Waals surface area contributed by atoms with E-state index in [0.29, 0.717) is 37.2 Å². The van der Waals surface area contributed by atoms with E-state index in [-0.39, 0.29) is 6.61 Å². The fourth-order valence-electron chi connectivity index (χ4n) is 1.80. The molecule has 18 heavy (non-hydrogen) atoms. The van der Waals surface area contributed by atoms with Gasteiger partial charge in [-0.15, -0.1) is 0 Å². The van der Waals surface area contributed by atoms with Crippen LogP contribution in [0.2, 0.25) is 0 Å². The second-order valence-electron chi connectivity index (χ2n) is 4.12. The lowest BCUT2D eigenvalue weighted by molar-refractivity contribution is -0.138. The summed E-state index contributed by atoms with van der Waals surface area (Å²) in [4.78, 5) is 21.3. The summed E-state index contributed by atoms with van der Waals surface area (Å²) < 4.78 is 1.74. The van der Waals surface area contributed by atoms with Gasteiger partial charge < -0.3 is 20.5 Å². The Hall–Kier alpha value is -1.66. The summed E-state index contributed by atoms with van der Waals surface area (Å²) >= 11 is 0. The summed E-state index contributed by atoms with van der Waals surface area (Å²) in [6.07, 6.45) is 2.52. The second-order valence-corrected chi connectivity index (χ2v) is 4.12. The highest BCUT2D eigenvalue weighted by Crippen LogP contribution is 2.10. The van der Waals surface area contributed by atoms with Crippen LogP contribution < -0.4 is 5.73 Å². The number of aliphatic hydroxyl groups excluding tert-OH is 1. The topological polar surface area (TPSA) is 106 Å². The molecule has 1 aromatic heterocycles. The average Bonchev–Trinajstić information content (AvgIpc) is 2.76. The number of nitrogens with two attached hydrogens (primary N) is 1. The molecule has 0 bridgehead atoms. The lowest BCUT2D eigenvalue weighted by Crippen LogP contribution is -2.29. The first-order valence-electron chi connectivity index (χ1n) is 5.83. The van der Waals surface area contributed by atoms with Crippen LogP contribution >= 0.6 is 0 Å². The highest BCUT2D eigenvalue weighted by Gasteiger charge is 2.11. The van der Waals surface area contributed by atoms with Gasteiger partial charge >= 0.3 is 5.97 Å². The Morgan fingerprint density at radius 2 is 2.17 bits per heavy atom. The molecule has 0 amide bonds. The van der Waals surface area contributed by atoms with Crippen LogP contribution in [-0.4, -0.2) is 33.1 Å². The number of aromatic nitrogens is 1. The van der Waals surface area contributed by atoms with E-state index in [1.54, 1.807) is 16.7 Å². The molecule has 0 spiro atoms. The predicted molar refractivity (Wildman–Crippen MR) is 65.2 cm³/mol. The van der Waals surface area contributed by atoms with Crippen molar-refractivity contribution in [3.05, 3.63) is 23.5 Å². The molecule has 0 aliphatic heterocycles. The molecule has 6 nitrogen and oxygen atoms in total. The minimum atomic E-state index is -0.999. The molecule has 0 aromatic carbocycles. The summed E-state index contributed by atoms with van der Waals surface area (Å²) in [5, 5.41) is 17.7. The molecule has 0 radical (unpaired) electrons. The molecule has 1 aromatic rings. The van der Waals surface area contributed by atoms with Crippen LogP contribution in [0.1, 0.15) is 35.4 Å². The Labute approximate surface area is 105 Å². The van der Waals surface area contributed by atoms with Gasteiger partial charge in [0.15, 0.2) is 6.29 Å². The van der Waals surface area contributed by atoms with Gasteiger partial charge in [0.25, 0.3) is 0 Å². The monoisotopic (exact) mass is 254 g/mol. The first-order valence-corrected chi connectivity index (χ1v) is 5.83. The molecule has 6 heteroatoms. The van der Waals surface area contributed by atoms with Gasteiger partial charge in [0.05, 0.1) is 12.3 Å². The Morgan fingerprint density at radius 3 is 2.72 bits per heavy atom. The maximum absolute atomic E-state index is 10.8. The van der Waals surface area contributed by atoms with Crippen molar-refractivity contribution in [3.63, 3.8) is 0 Å². The highest BCUT2D eigenvalue weighted by molar-refractivity contribution is 5.73. The number of aldehydes is 1. The van der Waals surface area contributed by atoms with Crippen molar-refractivity contribution in [1.82, 2.24) is 4.57 Å². The van der Waals surface area contributed by atoms with Crippen LogP contribution in [0.25, 0.3) is 0 Å². The Kier molecular flexibility index (Phi) is 5.54. The van der Waals surface area contributed by atoms with Crippen molar-refractivity contribution in [2.75, 3.05) is 0 Å². The lowest BCUT2D eigenvalue weighted by Gasteiger charge is -2.10. The second kappa shape index (κ2) is 6.93. The molecule has 1 atom stereocenters. The number of carbonyl (C=O) groups excluding carboxylic acids is 1. The van der Waals surface area contributed by atoms with Crippen LogP contribution in [-0.2, 0) is 17.9 Å². The zero-order valence-corrected chi connectivity index (χ0v) is 10.1. The summed E-state index contributed by atoms with van der Waals surface area (Å²) in [5.74, 6) is -0.999. The number of aliphatic hydroxyl groups is 1. The largest absolute Gasteiger partial charge is 0.480 e. The summed E-state index contributed by atoms with van der Waals surface area (Å²) in [6.45, 7) is 0.450. The van der Waals surface area contributed by atoms with Crippen molar-refractivity contribution in [2.45, 2.75) is 38.5 Å². The van der Waals surface area contributed by atoms with Crippen LogP contribution in [0.15, 0.2) is 12.1 Å². The fourth-order valence-corrected chi connectivity index (χ4v) is 1.80. The van der Waals surface area contributed by atoms with Gasteiger partial charge in [-0.05, 0) is 31.4 Å². The van der Waals surface area contributed by atoms with Gasteiger partial charge in [0.2, 0.25) is 0 Å². The maximum Gasteiger partial charge on any atom is 0.320 e. The van der Waals surface area contributed by atoms with Crippen LogP contribution in [0, 0.1) is 0 Å². The normalized spacial score (nSPS) is 12.3. The van der Waals surface area contributed by atoms with Gasteiger partial charge in [0.1, 0.15) is 6.04 Å². The number of nitrogens with zero attached hydrogens (tertiary/aromatic N) is 1. The number of carboxylic acid groups (broad SMARTS) is 1. The summed E-state index contributed by atoms with van der Waals surface area (Å²) in [7, 11) is 0. The van der Waals surface area contributed by atoms with E-state index in [9.17, 15) is 9.59 Å². The van der Waals surface area contributed by atoms with Crippen LogP contribution in [0.3, 0.4) is 0 Å². The van der Waals surface area contributed by atoms with E-state index in [1.807, 2.05) is 0 Å². The first kappa shape index (κ1) is 14.4. The molecular weight excluding hydrogens is 236 g/mol. The van der Waals surface area contributed by atoms with Crippen molar-refractivity contribution in [2.24, 2.45) is 5.73 Å². The Morgan fingerprint density at radius 1 is 1.44 bits per heavy atom. The minimum Gasteiger partial charge on any atom is -0.480 e. The third-order valence-electron chi connectivity index (χ3n) is 2.85. The number of carbonyl (C=O) groups is 2. The molecule has 0 saturated heterocycles. The quantitative estimate of drug-likeness (QED) is 0.459. The molecule has 0 fully saturated rings. The fraction of sp³-hybridized carbons (Fsp3) is 0.500. The van der Waals surface area contributed by atoms with Gasteiger partial charge in [-0.2, -0.15) is 0 Å². The molecule has 0 aliphatic rings. The lowest BCUT2D eigenvalue weighted by atomic mass is 10.1. The Balaban J connectivity index is 2.46. The van der Waals surface area contributed by atoms with Gasteiger partial charge in [-0.3, -0.25) is 9.59 Å². The smallest absolute Gasteiger partial charge is 0.320 e. The zero-order valence-electron chi connectivity index (χ0n) is 10.1. The number of rotatable bonds is 8. The Bertz CT molecular complexity index is 414. The molecule has 1 unspecified atom stereocenters. The van der Waals surface area contributed by atoms with E-state index in [0.717, 1.165) is 6.29 Å². The van der Waals surface area contributed by atoms with E-state index in [2.05, 4.69) is 0 Å². The van der Waals surface area contributed by atoms with E-state index in [1.165, 1.54) is 0 Å². The number of hydrogen-bond acceptors (Lipinski definition) is 4. The first-order chi connectivity index (χ1) is 8.60. The van der Waals surface area contributed by atoms with Crippen LogP contribution in [0.5, 0.6) is 0 Å². The molecule has 1 heterocycles. The molecule has 0 saturated carbocycles. The molecular formula is C12H18N2O4. The molecule has 1 rings (SSSR count). The summed E-state index contributed by atoms with van der Waals surface area (Å²) in [6, 6.07) is 2.52. The predicted octanol–water partition coefficient (Wildman–Crippen LogP) is 0.375. The van der Waals surface area contributed by atoms with E-state index < -0.39 is 12.0 Å². The van der Waals surface area contributed by atoms with Crippen LogP contribution in [0.4, 0.5) is 0 Å². The van der Waals surface area contributed by atoms with Gasteiger partial charge in [0, 0.05) is 12.2 Å². The van der Waals surface area contributed by atoms with E-state index >= 15 is 0 Å². The van der Waals surface area contributed by atoms with Crippen molar-refractivity contribution < 1.29 is 19.8 Å². The van der Waals surface area contributed by atoms with Crippen molar-refractivity contribution in [3.8, 4) is 0 Å². The highest BCUT2D eigenvalue weighted by atomic mass is 16.4. The average molecular weight is 254 g/mol. The maximum atomic E-state index is 10.8. The SMILES string of the molecule is NC(CCCCn1c(C=O)ccc1CO)C(=O)O. The van der Waals surface area contributed by atoms with Gasteiger partial charge in [-0.1, -0.05) is 0 Å². The standard InChI is InChI=1S/C12H18N2O4/c13-11(12(17)18)3-1-2-6-14-9(7-15)4-5-10(14)8-16/h4-5,7,11,16H,1-3,6,8,13H2,(H,17,18). The van der Waals surface area contributed by atoms with Crippen molar-refractivity contribution >= 4 is 12.3 Å².